The fraction of sp³-hybridized carbons (Fsp3) is 0.778. The second kappa shape index (κ2) is 59.2. The minimum atomic E-state index is -1.63. The molecule has 0 aromatic carbocycles. The van der Waals surface area contributed by atoms with Gasteiger partial charge in [-0.2, -0.15) is 0 Å². The first kappa shape index (κ1) is 77.9. The van der Waals surface area contributed by atoms with Crippen molar-refractivity contribution in [2.75, 3.05) is 13.2 Å². The number of nitrogens with one attached hydrogen (secondary N) is 1. The van der Waals surface area contributed by atoms with Crippen molar-refractivity contribution >= 4 is 11.9 Å². The van der Waals surface area contributed by atoms with E-state index in [1.165, 1.54) is 148 Å². The summed E-state index contributed by atoms with van der Waals surface area (Å²) in [5.41, 5.74) is 0. The average molecular weight is 1170 g/mol. The van der Waals surface area contributed by atoms with Crippen molar-refractivity contribution in [2.24, 2.45) is 0 Å². The zero-order chi connectivity index (χ0) is 60.3. The smallest absolute Gasteiger partial charge is 0.306 e. The van der Waals surface area contributed by atoms with Gasteiger partial charge < -0.3 is 45.1 Å². The van der Waals surface area contributed by atoms with Crippen LogP contribution in [-0.2, 0) is 23.8 Å². The van der Waals surface area contributed by atoms with Crippen LogP contribution in [0.1, 0.15) is 297 Å². The largest absolute Gasteiger partial charge is 0.454 e. The number of amides is 1. The van der Waals surface area contributed by atoms with Gasteiger partial charge in [-0.1, -0.05) is 298 Å². The third kappa shape index (κ3) is 46.7. The van der Waals surface area contributed by atoms with E-state index < -0.39 is 67.4 Å². The zero-order valence-corrected chi connectivity index (χ0v) is 53.3. The van der Waals surface area contributed by atoms with E-state index in [1.807, 2.05) is 6.08 Å². The Morgan fingerprint density at radius 1 is 0.482 bits per heavy atom. The molecule has 8 unspecified atom stereocenters. The van der Waals surface area contributed by atoms with Crippen molar-refractivity contribution in [3.63, 3.8) is 0 Å². The summed E-state index contributed by atoms with van der Waals surface area (Å²) in [6, 6.07) is -1.03. The van der Waals surface area contributed by atoms with Gasteiger partial charge in [-0.3, -0.25) is 9.59 Å². The SMILES string of the molecule is CC/C=C\C/C=C\C/C=C\C/C=C\C/C=C\C/C=C\CCCCCCC(=O)OC1C(OCC(NC(=O)C(O)CCCCCCCCCCCCCCCCCCCCCC)C(O)/C=C/CCCCCCCCCCC)OC(CO)C(O)C1O. The van der Waals surface area contributed by atoms with Gasteiger partial charge in [0.15, 0.2) is 12.4 Å². The lowest BCUT2D eigenvalue weighted by atomic mass is 9.99. The molecule has 1 heterocycles. The normalized spacial score (nSPS) is 19.1. The van der Waals surface area contributed by atoms with E-state index >= 15 is 0 Å². The van der Waals surface area contributed by atoms with E-state index in [9.17, 15) is 35.1 Å². The Morgan fingerprint density at radius 2 is 0.867 bits per heavy atom. The minimum absolute atomic E-state index is 0.0912. The molecule has 11 nitrogen and oxygen atoms in total. The molecule has 1 fully saturated rings. The number of ether oxygens (including phenoxy) is 3. The van der Waals surface area contributed by atoms with Crippen molar-refractivity contribution in [3.8, 4) is 0 Å². The van der Waals surface area contributed by atoms with Gasteiger partial charge in [0.1, 0.15) is 24.4 Å². The van der Waals surface area contributed by atoms with Crippen LogP contribution in [0.4, 0.5) is 0 Å². The molecule has 0 aromatic rings. The number of carbonyl (C=O) groups excluding carboxylic acids is 2. The van der Waals surface area contributed by atoms with Gasteiger partial charge in [0.25, 0.3) is 0 Å². The number of allylic oxidation sites excluding steroid dienone is 13. The van der Waals surface area contributed by atoms with E-state index in [2.05, 4.69) is 99.0 Å². The molecule has 0 saturated carbocycles. The molecule has 11 heteroatoms. The van der Waals surface area contributed by atoms with Crippen molar-refractivity contribution < 1.29 is 49.3 Å². The summed E-state index contributed by atoms with van der Waals surface area (Å²) in [5.74, 6) is -1.22. The molecule has 1 aliphatic rings. The van der Waals surface area contributed by atoms with Crippen LogP contribution < -0.4 is 5.32 Å². The molecule has 0 aromatic heterocycles. The number of aliphatic hydroxyl groups is 5. The highest BCUT2D eigenvalue weighted by Gasteiger charge is 2.47. The third-order valence-electron chi connectivity index (χ3n) is 15.8. The molecule has 1 rings (SSSR count). The molecular weight excluding hydrogens is 1040 g/mol. The predicted molar refractivity (Wildman–Crippen MR) is 347 cm³/mol. The summed E-state index contributed by atoms with van der Waals surface area (Å²) in [4.78, 5) is 26.6. The second-order valence-electron chi connectivity index (χ2n) is 23.5. The highest BCUT2D eigenvalue weighted by molar-refractivity contribution is 5.80. The van der Waals surface area contributed by atoms with Crippen LogP contribution in [0.5, 0.6) is 0 Å². The Hall–Kier alpha value is -3.16. The summed E-state index contributed by atoms with van der Waals surface area (Å²) < 4.78 is 17.6. The highest BCUT2D eigenvalue weighted by Crippen LogP contribution is 2.26. The summed E-state index contributed by atoms with van der Waals surface area (Å²) in [6.07, 6.45) is 67.7. The number of hydrogen-bond donors (Lipinski definition) is 6. The molecule has 480 valence electrons. The lowest BCUT2D eigenvalue weighted by molar-refractivity contribution is -0.305. The maximum absolute atomic E-state index is 13.5. The van der Waals surface area contributed by atoms with Gasteiger partial charge in [-0.15, -0.1) is 0 Å². The topological polar surface area (TPSA) is 175 Å². The summed E-state index contributed by atoms with van der Waals surface area (Å²) in [5, 5.41) is 57.1. The number of esters is 1. The Kier molecular flexibility index (Phi) is 55.5. The monoisotopic (exact) mass is 1170 g/mol. The standard InChI is InChI=1S/C72H127NO10/c1-4-7-10-13-16-19-22-24-26-28-30-32-33-34-36-38-40-42-45-48-51-54-57-60-67(77)83-70-69(79)68(78)66(61-74)82-72(70)81-62-63(64(75)58-55-52-49-46-43-21-18-15-12-9-6-3)73-71(80)65(76)59-56-53-50-47-44-41-39-37-35-31-29-27-25-23-20-17-14-11-8-5-2/h7,10,16,19,24,26,30,32,34,36,40,42,55,58,63-66,68-70,72,74-76,78-79H,4-6,8-9,11-15,17-18,20-23,25,27-29,31,33,35,37-39,41,43-54,56-57,59-62H2,1-3H3,(H,73,80)/b10-7-,19-16-,26-24-,32-30-,36-34-,42-40-,58-55+. The van der Waals surface area contributed by atoms with E-state index in [0.717, 1.165) is 103 Å². The number of hydrogen-bond acceptors (Lipinski definition) is 10. The minimum Gasteiger partial charge on any atom is -0.454 e. The first-order chi connectivity index (χ1) is 40.7. The molecular formula is C72H127NO10. The maximum Gasteiger partial charge on any atom is 0.306 e. The molecule has 0 bridgehead atoms. The molecule has 1 saturated heterocycles. The van der Waals surface area contributed by atoms with Gasteiger partial charge in [0.2, 0.25) is 5.91 Å². The number of carbonyl (C=O) groups is 2. The second-order valence-corrected chi connectivity index (χ2v) is 23.5. The van der Waals surface area contributed by atoms with Crippen molar-refractivity contribution in [1.29, 1.82) is 0 Å². The van der Waals surface area contributed by atoms with Gasteiger partial charge in [0.05, 0.1) is 25.4 Å². The predicted octanol–water partition coefficient (Wildman–Crippen LogP) is 17.3. The molecule has 6 N–H and O–H groups in total. The Bertz CT molecular complexity index is 1670. The average Bonchev–Trinajstić information content (AvgIpc) is 3.68. The van der Waals surface area contributed by atoms with Gasteiger partial charge in [-0.25, -0.2) is 0 Å². The fourth-order valence-electron chi connectivity index (χ4n) is 10.4. The Balaban J connectivity index is 2.61. The van der Waals surface area contributed by atoms with E-state index in [-0.39, 0.29) is 13.0 Å². The maximum atomic E-state index is 13.5. The van der Waals surface area contributed by atoms with Crippen LogP contribution in [0, 0.1) is 0 Å². The first-order valence-corrected chi connectivity index (χ1v) is 34.4. The highest BCUT2D eigenvalue weighted by atomic mass is 16.7. The molecule has 0 aliphatic carbocycles. The van der Waals surface area contributed by atoms with Crippen LogP contribution >= 0.6 is 0 Å². The summed E-state index contributed by atoms with van der Waals surface area (Å²) in [6.45, 7) is 5.68. The molecule has 1 aliphatic heterocycles. The fourth-order valence-corrected chi connectivity index (χ4v) is 10.4. The van der Waals surface area contributed by atoms with Gasteiger partial charge in [-0.05, 0) is 77.0 Å². The molecule has 0 spiro atoms. The number of aliphatic hydroxyl groups excluding tert-OH is 5. The molecule has 83 heavy (non-hydrogen) atoms. The van der Waals surface area contributed by atoms with Crippen LogP contribution in [0.25, 0.3) is 0 Å². The number of rotatable bonds is 58. The van der Waals surface area contributed by atoms with E-state index in [4.69, 9.17) is 14.2 Å². The van der Waals surface area contributed by atoms with Crippen LogP contribution in [0.3, 0.4) is 0 Å². The quantitative estimate of drug-likeness (QED) is 0.0195. The van der Waals surface area contributed by atoms with Gasteiger partial charge in [0, 0.05) is 6.42 Å². The van der Waals surface area contributed by atoms with Crippen molar-refractivity contribution in [1.82, 2.24) is 5.32 Å². The lowest BCUT2D eigenvalue weighted by Crippen LogP contribution is -2.61. The van der Waals surface area contributed by atoms with Crippen LogP contribution in [-0.4, -0.2) is 99.6 Å². The molecule has 0 radical (unpaired) electrons. The van der Waals surface area contributed by atoms with Crippen LogP contribution in [0.2, 0.25) is 0 Å². The summed E-state index contributed by atoms with van der Waals surface area (Å²) in [7, 11) is 0. The summed E-state index contributed by atoms with van der Waals surface area (Å²) >= 11 is 0. The first-order valence-electron chi connectivity index (χ1n) is 34.4. The van der Waals surface area contributed by atoms with Crippen molar-refractivity contribution in [3.05, 3.63) is 85.1 Å². The molecule has 8 atom stereocenters. The van der Waals surface area contributed by atoms with E-state index in [1.54, 1.807) is 6.08 Å². The molecule has 1 amide bonds. The Labute approximate surface area is 508 Å². The number of unbranched alkanes of at least 4 members (excludes halogenated alkanes) is 32. The van der Waals surface area contributed by atoms with E-state index in [0.29, 0.717) is 19.3 Å². The Morgan fingerprint density at radius 3 is 1.30 bits per heavy atom. The van der Waals surface area contributed by atoms with Gasteiger partial charge >= 0.3 is 5.97 Å². The third-order valence-corrected chi connectivity index (χ3v) is 15.8. The van der Waals surface area contributed by atoms with Crippen LogP contribution in [0.15, 0.2) is 85.1 Å². The van der Waals surface area contributed by atoms with Crippen molar-refractivity contribution in [2.45, 2.75) is 346 Å². The zero-order valence-electron chi connectivity index (χ0n) is 53.3. The lowest BCUT2D eigenvalue weighted by Gasteiger charge is -2.41.